The van der Waals surface area contributed by atoms with Crippen LogP contribution in [0.15, 0.2) is 0 Å². The van der Waals surface area contributed by atoms with Gasteiger partial charge >= 0.3 is 0 Å². The van der Waals surface area contributed by atoms with Gasteiger partial charge in [0.25, 0.3) is 5.92 Å². The van der Waals surface area contributed by atoms with Gasteiger partial charge in [-0.3, -0.25) is 4.79 Å². The molecular formula is C7H11F2NO3. The molecule has 0 spiro atoms. The Morgan fingerprint density at radius 3 is 2.62 bits per heavy atom. The molecule has 4 nitrogen and oxygen atoms in total. The summed E-state index contributed by atoms with van der Waals surface area (Å²) < 4.78 is 29.9. The maximum atomic E-state index is 12.7. The normalized spacial score (nSPS) is 38.6. The summed E-state index contributed by atoms with van der Waals surface area (Å²) in [6.07, 6.45) is -2.17. The van der Waals surface area contributed by atoms with E-state index in [0.717, 1.165) is 6.92 Å². The van der Waals surface area contributed by atoms with E-state index in [-0.39, 0.29) is 0 Å². The number of halogens is 2. The summed E-state index contributed by atoms with van der Waals surface area (Å²) in [4.78, 5) is 10.7. The maximum absolute atomic E-state index is 12.7. The second-order valence-corrected chi connectivity index (χ2v) is 3.48. The van der Waals surface area contributed by atoms with Crippen LogP contribution in [0.1, 0.15) is 13.3 Å². The van der Waals surface area contributed by atoms with Crippen LogP contribution in [0.3, 0.4) is 0 Å². The second-order valence-electron chi connectivity index (χ2n) is 3.48. The molecule has 1 aliphatic heterocycles. The molecule has 0 radical (unpaired) electrons. The Bertz CT molecular complexity index is 230. The third-order valence-electron chi connectivity index (χ3n) is 1.90. The summed E-state index contributed by atoms with van der Waals surface area (Å²) in [7, 11) is 0. The molecule has 1 fully saturated rings. The number of nitrogens with two attached hydrogens (primary N) is 1. The molecule has 6 heteroatoms. The van der Waals surface area contributed by atoms with Gasteiger partial charge in [-0.05, 0) is 6.92 Å². The largest absolute Gasteiger partial charge is 0.387 e. The summed E-state index contributed by atoms with van der Waals surface area (Å²) >= 11 is 0. The molecule has 0 aromatic heterocycles. The van der Waals surface area contributed by atoms with Crippen molar-refractivity contribution in [1.82, 2.24) is 0 Å². The van der Waals surface area contributed by atoms with E-state index in [9.17, 15) is 18.7 Å². The van der Waals surface area contributed by atoms with Gasteiger partial charge in [0.15, 0.2) is 6.10 Å². The van der Waals surface area contributed by atoms with Crippen molar-refractivity contribution >= 4 is 5.91 Å². The van der Waals surface area contributed by atoms with E-state index in [2.05, 4.69) is 4.74 Å². The molecule has 1 amide bonds. The van der Waals surface area contributed by atoms with E-state index in [0.29, 0.717) is 0 Å². The average Bonchev–Trinajstić information content (AvgIpc) is 1.79. The number of amides is 1. The van der Waals surface area contributed by atoms with Crippen LogP contribution < -0.4 is 5.73 Å². The average molecular weight is 195 g/mol. The highest BCUT2D eigenvalue weighted by atomic mass is 19.3. The van der Waals surface area contributed by atoms with Crippen LogP contribution in [-0.4, -0.2) is 35.2 Å². The first-order valence-corrected chi connectivity index (χ1v) is 3.76. The lowest BCUT2D eigenvalue weighted by Crippen LogP contribution is -2.57. The van der Waals surface area contributed by atoms with Crippen LogP contribution in [0.5, 0.6) is 0 Å². The SMILES string of the molecule is CC1(O)CC(F)(F)COC1C(N)=O. The number of hydrogen-bond acceptors (Lipinski definition) is 3. The molecule has 1 heterocycles. The standard InChI is InChI=1S/C7H11F2NO3/c1-6(12)2-7(8,9)3-13-4(6)5(10)11/h4,12H,2-3H2,1H3,(H2,10,11). The molecule has 13 heavy (non-hydrogen) atoms. The molecule has 0 bridgehead atoms. The first kappa shape index (κ1) is 10.3. The third kappa shape index (κ3) is 2.13. The molecule has 1 saturated heterocycles. The predicted molar refractivity (Wildman–Crippen MR) is 39.1 cm³/mol. The maximum Gasteiger partial charge on any atom is 0.273 e. The van der Waals surface area contributed by atoms with E-state index in [1.807, 2.05) is 0 Å². The molecule has 2 atom stereocenters. The van der Waals surface area contributed by atoms with E-state index in [1.54, 1.807) is 0 Å². The van der Waals surface area contributed by atoms with Crippen LogP contribution in [0, 0.1) is 0 Å². The minimum Gasteiger partial charge on any atom is -0.387 e. The summed E-state index contributed by atoms with van der Waals surface area (Å²) in [6.45, 7) is 0.228. The molecular weight excluding hydrogens is 184 g/mol. The topological polar surface area (TPSA) is 72.6 Å². The minimum absolute atomic E-state index is 0.812. The smallest absolute Gasteiger partial charge is 0.273 e. The highest BCUT2D eigenvalue weighted by Crippen LogP contribution is 2.34. The Morgan fingerprint density at radius 1 is 1.69 bits per heavy atom. The fourth-order valence-electron chi connectivity index (χ4n) is 1.44. The third-order valence-corrected chi connectivity index (χ3v) is 1.90. The number of aliphatic hydroxyl groups is 1. The lowest BCUT2D eigenvalue weighted by molar-refractivity contribution is -0.223. The number of alkyl halides is 2. The van der Waals surface area contributed by atoms with Crippen molar-refractivity contribution < 1.29 is 23.4 Å². The van der Waals surface area contributed by atoms with Crippen LogP contribution in [0.4, 0.5) is 8.78 Å². The molecule has 0 aromatic rings. The van der Waals surface area contributed by atoms with Gasteiger partial charge in [0.1, 0.15) is 12.2 Å². The summed E-state index contributed by atoms with van der Waals surface area (Å²) in [5.41, 5.74) is 2.97. The van der Waals surface area contributed by atoms with E-state index < -0.39 is 36.6 Å². The van der Waals surface area contributed by atoms with Crippen molar-refractivity contribution in [3.05, 3.63) is 0 Å². The summed E-state index contributed by atoms with van der Waals surface area (Å²) in [5, 5.41) is 9.43. The number of rotatable bonds is 1. The lowest BCUT2D eigenvalue weighted by Gasteiger charge is -2.38. The van der Waals surface area contributed by atoms with Gasteiger partial charge in [-0.1, -0.05) is 0 Å². The van der Waals surface area contributed by atoms with Crippen molar-refractivity contribution in [2.75, 3.05) is 6.61 Å². The van der Waals surface area contributed by atoms with Gasteiger partial charge in [0, 0.05) is 6.42 Å². The van der Waals surface area contributed by atoms with Gasteiger partial charge in [0.2, 0.25) is 5.91 Å². The Hall–Kier alpha value is -0.750. The van der Waals surface area contributed by atoms with Gasteiger partial charge in [-0.2, -0.15) is 0 Å². The molecule has 76 valence electrons. The number of carbonyl (C=O) groups is 1. The Balaban J connectivity index is 2.79. The van der Waals surface area contributed by atoms with Crippen LogP contribution >= 0.6 is 0 Å². The molecule has 0 aliphatic carbocycles. The van der Waals surface area contributed by atoms with E-state index in [1.165, 1.54) is 0 Å². The van der Waals surface area contributed by atoms with Crippen molar-refractivity contribution in [3.8, 4) is 0 Å². The number of ether oxygens (including phenoxy) is 1. The van der Waals surface area contributed by atoms with E-state index in [4.69, 9.17) is 5.73 Å². The first-order valence-electron chi connectivity index (χ1n) is 3.76. The van der Waals surface area contributed by atoms with Crippen molar-refractivity contribution in [2.45, 2.75) is 31.0 Å². The summed E-state index contributed by atoms with van der Waals surface area (Å²) in [6, 6.07) is 0. The monoisotopic (exact) mass is 195 g/mol. The molecule has 1 rings (SSSR count). The fraction of sp³-hybridized carbons (Fsp3) is 0.857. The first-order chi connectivity index (χ1) is 5.75. The number of carbonyl (C=O) groups excluding carboxylic acids is 1. The highest BCUT2D eigenvalue weighted by molar-refractivity contribution is 5.80. The Morgan fingerprint density at radius 2 is 2.23 bits per heavy atom. The van der Waals surface area contributed by atoms with Gasteiger partial charge in [-0.25, -0.2) is 8.78 Å². The van der Waals surface area contributed by atoms with Crippen LogP contribution in [0.2, 0.25) is 0 Å². The lowest BCUT2D eigenvalue weighted by atomic mass is 9.89. The van der Waals surface area contributed by atoms with Crippen molar-refractivity contribution in [3.63, 3.8) is 0 Å². The van der Waals surface area contributed by atoms with Crippen LogP contribution in [0.25, 0.3) is 0 Å². The van der Waals surface area contributed by atoms with Crippen LogP contribution in [-0.2, 0) is 9.53 Å². The number of primary amides is 1. The zero-order chi connectivity index (χ0) is 10.3. The zero-order valence-electron chi connectivity index (χ0n) is 7.09. The van der Waals surface area contributed by atoms with Crippen molar-refractivity contribution in [1.29, 1.82) is 0 Å². The van der Waals surface area contributed by atoms with E-state index >= 15 is 0 Å². The molecule has 0 saturated carbocycles. The minimum atomic E-state index is -3.10. The predicted octanol–water partition coefficient (Wildman–Crippen LogP) is -0.353. The van der Waals surface area contributed by atoms with Gasteiger partial charge < -0.3 is 15.6 Å². The summed E-state index contributed by atoms with van der Waals surface area (Å²) in [5.74, 6) is -4.03. The van der Waals surface area contributed by atoms with Crippen molar-refractivity contribution in [2.24, 2.45) is 5.73 Å². The quantitative estimate of drug-likeness (QED) is 0.600. The van der Waals surface area contributed by atoms with Gasteiger partial charge in [0.05, 0.1) is 0 Å². The van der Waals surface area contributed by atoms with Gasteiger partial charge in [-0.15, -0.1) is 0 Å². The Labute approximate surface area is 73.7 Å². The molecule has 1 aliphatic rings. The fourth-order valence-corrected chi connectivity index (χ4v) is 1.44. The molecule has 0 aromatic carbocycles. The zero-order valence-corrected chi connectivity index (χ0v) is 7.09. The Kier molecular flexibility index (Phi) is 2.29. The number of hydrogen-bond donors (Lipinski definition) is 2. The molecule has 3 N–H and O–H groups in total. The highest BCUT2D eigenvalue weighted by Gasteiger charge is 2.51. The second kappa shape index (κ2) is 2.88. The molecule has 2 unspecified atom stereocenters.